The highest BCUT2D eigenvalue weighted by molar-refractivity contribution is 5.94. The molecule has 0 saturated carbocycles. The zero-order chi connectivity index (χ0) is 22.7. The van der Waals surface area contributed by atoms with E-state index in [1.54, 1.807) is 6.92 Å². The maximum Gasteiger partial charge on any atom is 0.253 e. The Labute approximate surface area is 188 Å². The Morgan fingerprint density at radius 3 is 2.47 bits per heavy atom. The molecular weight excluding hydrogens is 407 g/mol. The molecule has 5 nitrogen and oxygen atoms in total. The number of amides is 1. The zero-order valence-electron chi connectivity index (χ0n) is 18.2. The van der Waals surface area contributed by atoms with Crippen molar-refractivity contribution in [2.24, 2.45) is 0 Å². The predicted molar refractivity (Wildman–Crippen MR) is 121 cm³/mol. The molecule has 2 saturated heterocycles. The molecule has 0 aromatic heterocycles. The Bertz CT molecular complexity index is 994. The van der Waals surface area contributed by atoms with Gasteiger partial charge in [0.15, 0.2) is 0 Å². The van der Waals surface area contributed by atoms with E-state index >= 15 is 0 Å². The molecule has 6 heteroatoms. The van der Waals surface area contributed by atoms with Gasteiger partial charge in [0.1, 0.15) is 11.9 Å². The third kappa shape index (κ3) is 4.71. The number of carbonyl (C=O) groups is 1. The Morgan fingerprint density at radius 1 is 1.12 bits per heavy atom. The maximum absolute atomic E-state index is 13.3. The molecule has 2 aromatic carbocycles. The SMILES string of the molecule is C[C@H](O)C#Cc1ccc([C@@H]2[C@H](CO)N3CCCCN(C(=O)c4ccc(F)cc4)C[C@@H]23)cc1. The lowest BCUT2D eigenvalue weighted by Gasteiger charge is -2.57. The van der Waals surface area contributed by atoms with Gasteiger partial charge in [0.25, 0.3) is 5.91 Å². The Morgan fingerprint density at radius 2 is 1.81 bits per heavy atom. The summed E-state index contributed by atoms with van der Waals surface area (Å²) in [5, 5.41) is 19.4. The third-order valence-electron chi connectivity index (χ3n) is 6.47. The summed E-state index contributed by atoms with van der Waals surface area (Å²) in [7, 11) is 0. The van der Waals surface area contributed by atoms with Crippen molar-refractivity contribution in [3.8, 4) is 11.8 Å². The topological polar surface area (TPSA) is 64.0 Å². The van der Waals surface area contributed by atoms with Crippen molar-refractivity contribution in [1.82, 2.24) is 9.80 Å². The van der Waals surface area contributed by atoms with Crippen molar-refractivity contribution in [2.75, 3.05) is 26.2 Å². The van der Waals surface area contributed by atoms with E-state index in [2.05, 4.69) is 16.7 Å². The molecule has 2 aliphatic heterocycles. The van der Waals surface area contributed by atoms with Crippen LogP contribution in [0.15, 0.2) is 48.5 Å². The molecule has 4 rings (SSSR count). The summed E-state index contributed by atoms with van der Waals surface area (Å²) < 4.78 is 13.3. The summed E-state index contributed by atoms with van der Waals surface area (Å²) in [6.45, 7) is 3.84. The van der Waals surface area contributed by atoms with Crippen molar-refractivity contribution >= 4 is 5.91 Å². The van der Waals surface area contributed by atoms with Crippen molar-refractivity contribution in [1.29, 1.82) is 0 Å². The van der Waals surface area contributed by atoms with Crippen LogP contribution in [0, 0.1) is 17.7 Å². The average molecular weight is 437 g/mol. The van der Waals surface area contributed by atoms with Crippen LogP contribution in [0.5, 0.6) is 0 Å². The molecule has 2 N–H and O–H groups in total. The number of aliphatic hydroxyl groups excluding tert-OH is 2. The number of halogens is 1. The van der Waals surface area contributed by atoms with Gasteiger partial charge in [-0.3, -0.25) is 9.69 Å². The first-order valence-corrected chi connectivity index (χ1v) is 11.2. The second kappa shape index (κ2) is 9.83. The van der Waals surface area contributed by atoms with Gasteiger partial charge in [-0.1, -0.05) is 24.0 Å². The molecule has 0 radical (unpaired) electrons. The van der Waals surface area contributed by atoms with Crippen molar-refractivity contribution in [3.05, 3.63) is 71.0 Å². The van der Waals surface area contributed by atoms with Crippen LogP contribution in [0.4, 0.5) is 4.39 Å². The van der Waals surface area contributed by atoms with Gasteiger partial charge < -0.3 is 15.1 Å². The van der Waals surface area contributed by atoms with Gasteiger partial charge in [-0.25, -0.2) is 4.39 Å². The van der Waals surface area contributed by atoms with Gasteiger partial charge in [0.2, 0.25) is 0 Å². The first kappa shape index (κ1) is 22.5. The standard InChI is InChI=1S/C26H29FN2O3/c1-18(31)4-5-19-6-8-20(9-7-19)25-23-16-28(14-2-3-15-29(23)24(25)17-30)26(32)21-10-12-22(27)13-11-21/h6-13,18,23-25,30-31H,2-3,14-17H2,1H3/t18-,23-,24-,25-/m0/s1. The summed E-state index contributed by atoms with van der Waals surface area (Å²) in [6.07, 6.45) is 1.18. The lowest BCUT2D eigenvalue weighted by Crippen LogP contribution is -2.67. The molecule has 4 atom stereocenters. The van der Waals surface area contributed by atoms with Crippen LogP contribution >= 0.6 is 0 Å². The normalized spacial score (nSPS) is 24.2. The first-order valence-electron chi connectivity index (χ1n) is 11.2. The van der Waals surface area contributed by atoms with Gasteiger partial charge in [0.05, 0.1) is 6.61 Å². The molecule has 32 heavy (non-hydrogen) atoms. The van der Waals surface area contributed by atoms with Crippen molar-refractivity contribution in [3.63, 3.8) is 0 Å². The van der Waals surface area contributed by atoms with Crippen LogP contribution in [0.2, 0.25) is 0 Å². The van der Waals surface area contributed by atoms with Crippen LogP contribution in [0.3, 0.4) is 0 Å². The van der Waals surface area contributed by atoms with E-state index in [1.807, 2.05) is 29.2 Å². The number of aliphatic hydroxyl groups is 2. The van der Waals surface area contributed by atoms with Crippen LogP contribution < -0.4 is 0 Å². The summed E-state index contributed by atoms with van der Waals surface area (Å²) in [4.78, 5) is 17.3. The second-order valence-corrected chi connectivity index (χ2v) is 8.61. The third-order valence-corrected chi connectivity index (χ3v) is 6.47. The number of fused-ring (bicyclic) bond motifs is 1. The van der Waals surface area contributed by atoms with E-state index in [0.717, 1.165) is 30.5 Å². The van der Waals surface area contributed by atoms with Crippen LogP contribution in [0.25, 0.3) is 0 Å². The molecule has 0 unspecified atom stereocenters. The minimum Gasteiger partial charge on any atom is -0.395 e. The summed E-state index contributed by atoms with van der Waals surface area (Å²) in [6, 6.07) is 13.8. The fourth-order valence-electron chi connectivity index (χ4n) is 4.88. The second-order valence-electron chi connectivity index (χ2n) is 8.61. The van der Waals surface area contributed by atoms with E-state index in [0.29, 0.717) is 18.7 Å². The van der Waals surface area contributed by atoms with Crippen molar-refractivity contribution < 1.29 is 19.4 Å². The van der Waals surface area contributed by atoms with Gasteiger partial charge in [-0.2, -0.15) is 0 Å². The Balaban J connectivity index is 1.55. The smallest absolute Gasteiger partial charge is 0.253 e. The van der Waals surface area contributed by atoms with Gasteiger partial charge in [-0.15, -0.1) is 0 Å². The summed E-state index contributed by atoms with van der Waals surface area (Å²) in [5.41, 5.74) is 2.44. The van der Waals surface area contributed by atoms with Gasteiger partial charge in [-0.05, 0) is 68.3 Å². The van der Waals surface area contributed by atoms with E-state index in [1.165, 1.54) is 24.3 Å². The fourth-order valence-corrected chi connectivity index (χ4v) is 4.88. The lowest BCUT2D eigenvalue weighted by molar-refractivity contribution is -0.0606. The minimum absolute atomic E-state index is 0.0234. The highest BCUT2D eigenvalue weighted by Crippen LogP contribution is 2.42. The average Bonchev–Trinajstić information content (AvgIpc) is 2.77. The number of carbonyl (C=O) groups excluding carboxylic acids is 1. The molecule has 2 aliphatic rings. The van der Waals surface area contributed by atoms with Crippen LogP contribution in [-0.2, 0) is 0 Å². The number of hydrogen-bond acceptors (Lipinski definition) is 4. The van der Waals surface area contributed by atoms with E-state index in [4.69, 9.17) is 0 Å². The molecule has 0 bridgehead atoms. The molecule has 0 spiro atoms. The molecule has 1 amide bonds. The number of rotatable bonds is 3. The molecule has 168 valence electrons. The fraction of sp³-hybridized carbons (Fsp3) is 0.423. The minimum atomic E-state index is -0.673. The van der Waals surface area contributed by atoms with Crippen molar-refractivity contribution in [2.45, 2.75) is 43.9 Å². The quantitative estimate of drug-likeness (QED) is 0.727. The highest BCUT2D eigenvalue weighted by Gasteiger charge is 2.49. The number of nitrogens with zero attached hydrogens (tertiary/aromatic N) is 2. The van der Waals surface area contributed by atoms with E-state index in [-0.39, 0.29) is 36.3 Å². The number of hydrogen-bond donors (Lipinski definition) is 2. The zero-order valence-corrected chi connectivity index (χ0v) is 18.2. The molecule has 2 aromatic rings. The predicted octanol–water partition coefficient (Wildman–Crippen LogP) is 2.62. The van der Waals surface area contributed by atoms with Crippen LogP contribution in [0.1, 0.15) is 47.2 Å². The molecular formula is C26H29FN2O3. The Hall–Kier alpha value is -2.72. The maximum atomic E-state index is 13.3. The monoisotopic (exact) mass is 436 g/mol. The largest absolute Gasteiger partial charge is 0.395 e. The number of benzene rings is 2. The molecule has 2 heterocycles. The van der Waals surface area contributed by atoms with Crippen LogP contribution in [-0.4, -0.2) is 70.3 Å². The highest BCUT2D eigenvalue weighted by atomic mass is 19.1. The summed E-state index contributed by atoms with van der Waals surface area (Å²) >= 11 is 0. The van der Waals surface area contributed by atoms with E-state index in [9.17, 15) is 19.4 Å². The molecule has 2 fully saturated rings. The van der Waals surface area contributed by atoms with Gasteiger partial charge in [0, 0.05) is 42.2 Å². The molecule has 0 aliphatic carbocycles. The Kier molecular flexibility index (Phi) is 6.90. The van der Waals surface area contributed by atoms with Gasteiger partial charge >= 0.3 is 0 Å². The van der Waals surface area contributed by atoms with E-state index < -0.39 is 6.10 Å². The first-order chi connectivity index (χ1) is 15.5. The lowest BCUT2D eigenvalue weighted by atomic mass is 9.74. The summed E-state index contributed by atoms with van der Waals surface area (Å²) in [5.74, 6) is 5.37.